The molecule has 1 nitrogen and oxygen atoms in total. The summed E-state index contributed by atoms with van der Waals surface area (Å²) < 4.78 is 26.5. The van der Waals surface area contributed by atoms with Crippen molar-refractivity contribution in [1.82, 2.24) is 0 Å². The Bertz CT molecular complexity index is 582. The highest BCUT2D eigenvalue weighted by molar-refractivity contribution is 6.31. The lowest BCUT2D eigenvalue weighted by Crippen LogP contribution is -2.07. The summed E-state index contributed by atoms with van der Waals surface area (Å²) in [6.07, 6.45) is 0. The molecule has 2 aromatic carbocycles. The third-order valence-electron chi connectivity index (χ3n) is 2.74. The fraction of sp³-hybridized carbons (Fsp3) is 0.143. The number of halogens is 3. The Kier molecular flexibility index (Phi) is 3.64. The van der Waals surface area contributed by atoms with Crippen LogP contribution in [-0.2, 0) is 0 Å². The average Bonchev–Trinajstić information content (AvgIpc) is 2.32. The van der Waals surface area contributed by atoms with E-state index in [1.807, 2.05) is 6.92 Å². The molecule has 0 aliphatic rings. The van der Waals surface area contributed by atoms with Crippen LogP contribution >= 0.6 is 11.6 Å². The van der Waals surface area contributed by atoms with E-state index in [-0.39, 0.29) is 16.9 Å². The first-order valence-electron chi connectivity index (χ1n) is 5.49. The van der Waals surface area contributed by atoms with Gasteiger partial charge in [-0.3, -0.25) is 0 Å². The van der Waals surface area contributed by atoms with Crippen molar-refractivity contribution in [2.24, 2.45) is 5.73 Å². The number of rotatable bonds is 2. The molecule has 0 aliphatic heterocycles. The summed E-state index contributed by atoms with van der Waals surface area (Å²) in [5.74, 6) is -0.867. The molecule has 0 bridgehead atoms. The highest BCUT2D eigenvalue weighted by Gasteiger charge is 2.11. The molecule has 0 aromatic heterocycles. The van der Waals surface area contributed by atoms with E-state index in [0.717, 1.165) is 5.56 Å². The molecule has 1 atom stereocenters. The zero-order chi connectivity index (χ0) is 13.3. The predicted molar refractivity (Wildman–Crippen MR) is 69.4 cm³/mol. The maximum atomic E-state index is 13.3. The first kappa shape index (κ1) is 13.0. The molecule has 0 heterocycles. The van der Waals surface area contributed by atoms with Gasteiger partial charge >= 0.3 is 0 Å². The molecule has 0 saturated carbocycles. The summed E-state index contributed by atoms with van der Waals surface area (Å²) >= 11 is 5.74. The molecule has 0 fully saturated rings. The summed E-state index contributed by atoms with van der Waals surface area (Å²) in [5, 5.41) is 0.00684. The van der Waals surface area contributed by atoms with Crippen molar-refractivity contribution in [2.45, 2.75) is 13.0 Å². The van der Waals surface area contributed by atoms with Gasteiger partial charge in [0.15, 0.2) is 0 Å². The number of nitrogens with two attached hydrogens (primary N) is 1. The topological polar surface area (TPSA) is 26.0 Å². The second-order valence-electron chi connectivity index (χ2n) is 4.15. The molecule has 0 saturated heterocycles. The Morgan fingerprint density at radius 1 is 1.11 bits per heavy atom. The van der Waals surface area contributed by atoms with Crippen molar-refractivity contribution in [3.8, 4) is 11.1 Å². The third kappa shape index (κ3) is 2.52. The zero-order valence-corrected chi connectivity index (χ0v) is 10.5. The van der Waals surface area contributed by atoms with Gasteiger partial charge in [0, 0.05) is 6.04 Å². The van der Waals surface area contributed by atoms with E-state index in [1.165, 1.54) is 24.3 Å². The minimum Gasteiger partial charge on any atom is -0.324 e. The molecular weight excluding hydrogens is 256 g/mol. The second-order valence-corrected chi connectivity index (χ2v) is 4.56. The molecule has 0 aliphatic carbocycles. The van der Waals surface area contributed by atoms with E-state index in [9.17, 15) is 8.78 Å². The number of benzene rings is 2. The lowest BCUT2D eigenvalue weighted by Gasteiger charge is -2.13. The van der Waals surface area contributed by atoms with Crippen LogP contribution in [0.2, 0.25) is 5.02 Å². The molecule has 0 radical (unpaired) electrons. The third-order valence-corrected chi connectivity index (χ3v) is 3.03. The van der Waals surface area contributed by atoms with Gasteiger partial charge < -0.3 is 5.73 Å². The van der Waals surface area contributed by atoms with Crippen molar-refractivity contribution in [1.29, 1.82) is 0 Å². The standard InChI is InChI=1S/C14H12ClF2N/c1-8(18)11-4-3-10(16)7-12(11)9-2-5-14(17)13(15)6-9/h2-8H,18H2,1H3. The Labute approximate surface area is 109 Å². The van der Waals surface area contributed by atoms with Gasteiger partial charge in [-0.1, -0.05) is 23.7 Å². The van der Waals surface area contributed by atoms with E-state index in [2.05, 4.69) is 0 Å². The smallest absolute Gasteiger partial charge is 0.141 e. The van der Waals surface area contributed by atoms with Crippen LogP contribution in [0.4, 0.5) is 8.78 Å². The molecule has 1 unspecified atom stereocenters. The van der Waals surface area contributed by atoms with Gasteiger partial charge in [0.1, 0.15) is 11.6 Å². The van der Waals surface area contributed by atoms with E-state index in [1.54, 1.807) is 12.1 Å². The van der Waals surface area contributed by atoms with Gasteiger partial charge in [0.2, 0.25) is 0 Å². The Morgan fingerprint density at radius 3 is 2.44 bits per heavy atom. The van der Waals surface area contributed by atoms with E-state index < -0.39 is 5.82 Å². The number of hydrogen-bond acceptors (Lipinski definition) is 1. The highest BCUT2D eigenvalue weighted by Crippen LogP contribution is 2.30. The summed E-state index contributed by atoms with van der Waals surface area (Å²) in [4.78, 5) is 0. The zero-order valence-electron chi connectivity index (χ0n) is 9.75. The van der Waals surface area contributed by atoms with Crippen LogP contribution in [0.25, 0.3) is 11.1 Å². The Hall–Kier alpha value is -1.45. The van der Waals surface area contributed by atoms with Crippen LogP contribution in [0, 0.1) is 11.6 Å². The van der Waals surface area contributed by atoms with Gasteiger partial charge in [0.05, 0.1) is 5.02 Å². The van der Waals surface area contributed by atoms with Crippen LogP contribution in [0.3, 0.4) is 0 Å². The fourth-order valence-electron chi connectivity index (χ4n) is 1.84. The van der Waals surface area contributed by atoms with Crippen LogP contribution in [-0.4, -0.2) is 0 Å². The lowest BCUT2D eigenvalue weighted by molar-refractivity contribution is 0.626. The first-order valence-corrected chi connectivity index (χ1v) is 5.87. The molecule has 4 heteroatoms. The lowest BCUT2D eigenvalue weighted by atomic mass is 9.96. The van der Waals surface area contributed by atoms with Crippen molar-refractivity contribution in [3.63, 3.8) is 0 Å². The normalized spacial score (nSPS) is 12.5. The molecule has 0 spiro atoms. The SMILES string of the molecule is CC(N)c1ccc(F)cc1-c1ccc(F)c(Cl)c1. The average molecular weight is 268 g/mol. The summed E-state index contributed by atoms with van der Waals surface area (Å²) in [7, 11) is 0. The largest absolute Gasteiger partial charge is 0.324 e. The van der Waals surface area contributed by atoms with Crippen molar-refractivity contribution in [2.75, 3.05) is 0 Å². The summed E-state index contributed by atoms with van der Waals surface area (Å²) in [6.45, 7) is 1.81. The fourth-order valence-corrected chi connectivity index (χ4v) is 2.02. The Morgan fingerprint density at radius 2 is 1.83 bits per heavy atom. The highest BCUT2D eigenvalue weighted by atomic mass is 35.5. The van der Waals surface area contributed by atoms with Crippen molar-refractivity contribution in [3.05, 3.63) is 58.6 Å². The Balaban J connectivity index is 2.61. The van der Waals surface area contributed by atoms with E-state index in [4.69, 9.17) is 17.3 Å². The monoisotopic (exact) mass is 267 g/mol. The van der Waals surface area contributed by atoms with Crippen LogP contribution < -0.4 is 5.73 Å². The van der Waals surface area contributed by atoms with Gasteiger partial charge in [-0.15, -0.1) is 0 Å². The van der Waals surface area contributed by atoms with Crippen molar-refractivity contribution < 1.29 is 8.78 Å². The van der Waals surface area contributed by atoms with Crippen LogP contribution in [0.5, 0.6) is 0 Å². The molecule has 0 amide bonds. The summed E-state index contributed by atoms with van der Waals surface area (Å²) in [5.41, 5.74) is 7.91. The van der Waals surface area contributed by atoms with Gasteiger partial charge in [-0.05, 0) is 47.9 Å². The van der Waals surface area contributed by atoms with Gasteiger partial charge in [-0.25, -0.2) is 8.78 Å². The molecule has 2 N–H and O–H groups in total. The maximum Gasteiger partial charge on any atom is 0.141 e. The predicted octanol–water partition coefficient (Wildman–Crippen LogP) is 4.30. The van der Waals surface area contributed by atoms with Crippen LogP contribution in [0.1, 0.15) is 18.5 Å². The molecule has 2 rings (SSSR count). The maximum absolute atomic E-state index is 13.3. The second kappa shape index (κ2) is 5.04. The van der Waals surface area contributed by atoms with Crippen molar-refractivity contribution >= 4 is 11.6 Å². The van der Waals surface area contributed by atoms with Gasteiger partial charge in [0.25, 0.3) is 0 Å². The quantitative estimate of drug-likeness (QED) is 0.862. The summed E-state index contributed by atoms with van der Waals surface area (Å²) in [6, 6.07) is 8.40. The number of hydrogen-bond donors (Lipinski definition) is 1. The van der Waals surface area contributed by atoms with Gasteiger partial charge in [-0.2, -0.15) is 0 Å². The minimum atomic E-state index is -0.501. The first-order chi connectivity index (χ1) is 8.49. The van der Waals surface area contributed by atoms with E-state index >= 15 is 0 Å². The minimum absolute atomic E-state index is 0.00684. The molecule has 94 valence electrons. The van der Waals surface area contributed by atoms with Crippen LogP contribution in [0.15, 0.2) is 36.4 Å². The molecule has 2 aromatic rings. The van der Waals surface area contributed by atoms with E-state index in [0.29, 0.717) is 11.1 Å². The molecular formula is C14H12ClF2N. The molecule has 18 heavy (non-hydrogen) atoms.